The van der Waals surface area contributed by atoms with E-state index in [9.17, 15) is 4.79 Å². The molecule has 2 N–H and O–H groups in total. The predicted octanol–water partition coefficient (Wildman–Crippen LogP) is 0.762. The number of aromatic nitrogens is 2. The van der Waals surface area contributed by atoms with E-state index in [4.69, 9.17) is 5.73 Å². The Hall–Kier alpha value is -1.20. The molecule has 0 spiro atoms. The zero-order chi connectivity index (χ0) is 10.3. The minimum Gasteiger partial charge on any atom is -0.326 e. The van der Waals surface area contributed by atoms with E-state index in [-0.39, 0.29) is 5.56 Å². The summed E-state index contributed by atoms with van der Waals surface area (Å²) in [5.41, 5.74) is 6.43. The third-order valence-corrected chi connectivity index (χ3v) is 3.26. The Labute approximate surface area is 85.0 Å². The van der Waals surface area contributed by atoms with Crippen LogP contribution in [0.25, 0.3) is 10.2 Å². The highest BCUT2D eigenvalue weighted by atomic mass is 32.1. The van der Waals surface area contributed by atoms with Crippen molar-refractivity contribution in [1.82, 2.24) is 9.55 Å². The standard InChI is InChI=1S/C9H11N3OS/c1-5-11-8-7(9(13)12(5)2)6(3-10)4-14-8/h4H,3,10H2,1-2H3. The quantitative estimate of drug-likeness (QED) is 0.754. The second-order valence-corrected chi connectivity index (χ2v) is 4.03. The molecule has 0 saturated heterocycles. The van der Waals surface area contributed by atoms with Crippen LogP contribution in [0, 0.1) is 6.92 Å². The molecule has 0 saturated carbocycles. The first kappa shape index (κ1) is 9.36. The van der Waals surface area contributed by atoms with E-state index in [1.165, 1.54) is 11.3 Å². The van der Waals surface area contributed by atoms with Crippen LogP contribution in [0.5, 0.6) is 0 Å². The van der Waals surface area contributed by atoms with Gasteiger partial charge in [-0.1, -0.05) is 0 Å². The predicted molar refractivity (Wildman–Crippen MR) is 57.5 cm³/mol. The van der Waals surface area contributed by atoms with Gasteiger partial charge >= 0.3 is 0 Å². The maximum Gasteiger partial charge on any atom is 0.262 e. The molecule has 0 aromatic carbocycles. The lowest BCUT2D eigenvalue weighted by atomic mass is 10.2. The van der Waals surface area contributed by atoms with Crippen molar-refractivity contribution in [3.63, 3.8) is 0 Å². The van der Waals surface area contributed by atoms with E-state index in [1.54, 1.807) is 11.6 Å². The number of hydrogen-bond acceptors (Lipinski definition) is 4. The lowest BCUT2D eigenvalue weighted by molar-refractivity contribution is 0.793. The number of thiophene rings is 1. The largest absolute Gasteiger partial charge is 0.326 e. The summed E-state index contributed by atoms with van der Waals surface area (Å²) < 4.78 is 1.55. The number of hydrogen-bond donors (Lipinski definition) is 1. The van der Waals surface area contributed by atoms with Crippen LogP contribution in [0.15, 0.2) is 10.2 Å². The molecule has 4 nitrogen and oxygen atoms in total. The summed E-state index contributed by atoms with van der Waals surface area (Å²) >= 11 is 1.47. The third kappa shape index (κ3) is 1.17. The van der Waals surface area contributed by atoms with Crippen molar-refractivity contribution in [3.05, 3.63) is 27.1 Å². The highest BCUT2D eigenvalue weighted by Crippen LogP contribution is 2.20. The lowest BCUT2D eigenvalue weighted by Gasteiger charge is -2.02. The summed E-state index contributed by atoms with van der Waals surface area (Å²) in [7, 11) is 1.72. The fourth-order valence-electron chi connectivity index (χ4n) is 1.38. The van der Waals surface area contributed by atoms with Crippen LogP contribution in [0.3, 0.4) is 0 Å². The number of aryl methyl sites for hydroxylation is 1. The van der Waals surface area contributed by atoms with Crippen LogP contribution in [0.1, 0.15) is 11.4 Å². The maximum absolute atomic E-state index is 11.9. The molecule has 14 heavy (non-hydrogen) atoms. The Morgan fingerprint density at radius 2 is 2.36 bits per heavy atom. The average Bonchev–Trinajstić information content (AvgIpc) is 2.57. The van der Waals surface area contributed by atoms with E-state index in [0.717, 1.165) is 16.2 Å². The van der Waals surface area contributed by atoms with Gasteiger partial charge in [0, 0.05) is 13.6 Å². The highest BCUT2D eigenvalue weighted by Gasteiger charge is 2.10. The SMILES string of the molecule is Cc1nc2scc(CN)c2c(=O)n1C. The van der Waals surface area contributed by atoms with Gasteiger partial charge in [-0.15, -0.1) is 11.3 Å². The molecule has 0 unspecified atom stereocenters. The normalized spacial score (nSPS) is 11.1. The van der Waals surface area contributed by atoms with Gasteiger partial charge in [0.25, 0.3) is 5.56 Å². The Kier molecular flexibility index (Phi) is 2.13. The molecule has 0 fully saturated rings. The fourth-order valence-corrected chi connectivity index (χ4v) is 2.37. The van der Waals surface area contributed by atoms with Gasteiger partial charge in [0.2, 0.25) is 0 Å². The van der Waals surface area contributed by atoms with E-state index < -0.39 is 0 Å². The van der Waals surface area contributed by atoms with Gasteiger partial charge < -0.3 is 5.73 Å². The van der Waals surface area contributed by atoms with Crippen LogP contribution in [-0.2, 0) is 13.6 Å². The van der Waals surface area contributed by atoms with E-state index in [2.05, 4.69) is 4.98 Å². The van der Waals surface area contributed by atoms with Crippen molar-refractivity contribution >= 4 is 21.6 Å². The molecule has 5 heteroatoms. The smallest absolute Gasteiger partial charge is 0.262 e. The zero-order valence-electron chi connectivity index (χ0n) is 8.07. The van der Waals surface area contributed by atoms with E-state index in [1.807, 2.05) is 12.3 Å². The second-order valence-electron chi connectivity index (χ2n) is 3.17. The highest BCUT2D eigenvalue weighted by molar-refractivity contribution is 7.16. The summed E-state index contributed by atoms with van der Waals surface area (Å²) in [5.74, 6) is 0.730. The first-order valence-corrected chi connectivity index (χ1v) is 5.17. The minimum absolute atomic E-state index is 0.00537. The second kappa shape index (κ2) is 3.18. The van der Waals surface area contributed by atoms with Crippen molar-refractivity contribution in [2.75, 3.05) is 0 Å². The van der Waals surface area contributed by atoms with Crippen LogP contribution in [-0.4, -0.2) is 9.55 Å². The summed E-state index contributed by atoms with van der Waals surface area (Å²) in [5, 5.41) is 2.57. The molecule has 0 amide bonds. The van der Waals surface area contributed by atoms with Crippen molar-refractivity contribution < 1.29 is 0 Å². The summed E-state index contributed by atoms with van der Waals surface area (Å²) in [6.07, 6.45) is 0. The van der Waals surface area contributed by atoms with Gasteiger partial charge in [0.05, 0.1) is 5.39 Å². The van der Waals surface area contributed by atoms with Gasteiger partial charge in [-0.25, -0.2) is 4.98 Å². The number of rotatable bonds is 1. The van der Waals surface area contributed by atoms with Gasteiger partial charge in [-0.2, -0.15) is 0 Å². The van der Waals surface area contributed by atoms with Crippen molar-refractivity contribution in [2.24, 2.45) is 12.8 Å². The van der Waals surface area contributed by atoms with E-state index >= 15 is 0 Å². The molecule has 0 radical (unpaired) electrons. The molecule has 2 heterocycles. The monoisotopic (exact) mass is 209 g/mol. The molecule has 0 aliphatic rings. The first-order valence-electron chi connectivity index (χ1n) is 4.29. The van der Waals surface area contributed by atoms with Gasteiger partial charge in [0.15, 0.2) is 0 Å². The average molecular weight is 209 g/mol. The topological polar surface area (TPSA) is 60.9 Å². The fraction of sp³-hybridized carbons (Fsp3) is 0.333. The molecular weight excluding hydrogens is 198 g/mol. The van der Waals surface area contributed by atoms with Crippen molar-refractivity contribution in [1.29, 1.82) is 0 Å². The van der Waals surface area contributed by atoms with Crippen LogP contribution in [0.4, 0.5) is 0 Å². The molecule has 0 bridgehead atoms. The van der Waals surface area contributed by atoms with Crippen molar-refractivity contribution in [3.8, 4) is 0 Å². The Balaban J connectivity index is 2.96. The van der Waals surface area contributed by atoms with Crippen LogP contribution in [0.2, 0.25) is 0 Å². The summed E-state index contributed by atoms with van der Waals surface area (Å²) in [4.78, 5) is 17.0. The minimum atomic E-state index is -0.00537. The number of nitrogens with zero attached hydrogens (tertiary/aromatic N) is 2. The van der Waals surface area contributed by atoms with Crippen LogP contribution < -0.4 is 11.3 Å². The maximum atomic E-state index is 11.9. The Morgan fingerprint density at radius 3 is 3.00 bits per heavy atom. The van der Waals surface area contributed by atoms with E-state index in [0.29, 0.717) is 11.9 Å². The summed E-state index contributed by atoms with van der Waals surface area (Å²) in [6.45, 7) is 2.21. The van der Waals surface area contributed by atoms with Crippen molar-refractivity contribution in [2.45, 2.75) is 13.5 Å². The molecule has 74 valence electrons. The summed E-state index contributed by atoms with van der Waals surface area (Å²) in [6, 6.07) is 0. The number of fused-ring (bicyclic) bond motifs is 1. The Morgan fingerprint density at radius 1 is 1.64 bits per heavy atom. The molecule has 0 aliphatic carbocycles. The molecular formula is C9H11N3OS. The number of nitrogens with two attached hydrogens (primary N) is 1. The lowest BCUT2D eigenvalue weighted by Crippen LogP contribution is -2.20. The van der Waals surface area contributed by atoms with Crippen LogP contribution >= 0.6 is 11.3 Å². The molecule has 2 aromatic rings. The third-order valence-electron chi connectivity index (χ3n) is 2.33. The Bertz CT molecular complexity index is 541. The molecule has 2 aromatic heterocycles. The molecule has 2 rings (SSSR count). The first-order chi connectivity index (χ1) is 6.65. The van der Waals surface area contributed by atoms with Gasteiger partial charge in [-0.3, -0.25) is 9.36 Å². The van der Waals surface area contributed by atoms with Gasteiger partial charge in [-0.05, 0) is 17.9 Å². The zero-order valence-corrected chi connectivity index (χ0v) is 8.89. The molecule has 0 aliphatic heterocycles. The van der Waals surface area contributed by atoms with Gasteiger partial charge in [0.1, 0.15) is 10.7 Å². The molecule has 0 atom stereocenters.